The van der Waals surface area contributed by atoms with Gasteiger partial charge in [-0.15, -0.1) is 0 Å². The number of hydrogen-bond donors (Lipinski definition) is 1. The zero-order valence-electron chi connectivity index (χ0n) is 24.6. The van der Waals surface area contributed by atoms with E-state index in [0.717, 1.165) is 46.9 Å². The Bertz CT molecular complexity index is 1460. The average molecular weight is 596 g/mol. The SMILES string of the molecule is COc1cccc([C@@H]2O[C@@H](CCC(=O)N3CCC(CCC(=O)O)CC3)c3nc(C)c(C)n3-c3ccc(Cl)cc32)c1OC. The molecule has 1 saturated heterocycles. The van der Waals surface area contributed by atoms with E-state index in [0.29, 0.717) is 54.8 Å². The Morgan fingerprint density at radius 3 is 2.50 bits per heavy atom. The maximum absolute atomic E-state index is 13.4. The van der Waals surface area contributed by atoms with Crippen LogP contribution in [0.4, 0.5) is 0 Å². The van der Waals surface area contributed by atoms with Gasteiger partial charge < -0.3 is 24.2 Å². The number of hydrogen-bond acceptors (Lipinski definition) is 6. The highest BCUT2D eigenvalue weighted by atomic mass is 35.5. The molecule has 0 unspecified atom stereocenters. The van der Waals surface area contributed by atoms with Crippen molar-refractivity contribution in [3.05, 3.63) is 69.8 Å². The Morgan fingerprint density at radius 1 is 1.05 bits per heavy atom. The fourth-order valence-electron chi connectivity index (χ4n) is 6.16. The van der Waals surface area contributed by atoms with Gasteiger partial charge in [0, 0.05) is 47.8 Å². The van der Waals surface area contributed by atoms with Crippen LogP contribution in [-0.4, -0.2) is 58.7 Å². The number of amides is 1. The van der Waals surface area contributed by atoms with Crippen LogP contribution in [0.3, 0.4) is 0 Å². The summed E-state index contributed by atoms with van der Waals surface area (Å²) in [5, 5.41) is 9.59. The van der Waals surface area contributed by atoms with Gasteiger partial charge in [0.05, 0.1) is 25.6 Å². The zero-order chi connectivity index (χ0) is 30.0. The summed E-state index contributed by atoms with van der Waals surface area (Å²) in [5.74, 6) is 1.56. The molecule has 2 aromatic carbocycles. The van der Waals surface area contributed by atoms with Crippen molar-refractivity contribution in [1.82, 2.24) is 14.5 Å². The summed E-state index contributed by atoms with van der Waals surface area (Å²) >= 11 is 6.54. The van der Waals surface area contributed by atoms with Gasteiger partial charge in [0.25, 0.3) is 0 Å². The van der Waals surface area contributed by atoms with Crippen LogP contribution < -0.4 is 9.47 Å². The minimum Gasteiger partial charge on any atom is -0.493 e. The Kier molecular flexibility index (Phi) is 9.08. The van der Waals surface area contributed by atoms with Crippen LogP contribution >= 0.6 is 11.6 Å². The van der Waals surface area contributed by atoms with E-state index in [-0.39, 0.29) is 12.3 Å². The van der Waals surface area contributed by atoms with Crippen molar-refractivity contribution in [2.75, 3.05) is 27.3 Å². The number of para-hydroxylation sites is 1. The van der Waals surface area contributed by atoms with Gasteiger partial charge in [0.1, 0.15) is 18.0 Å². The van der Waals surface area contributed by atoms with Gasteiger partial charge in [-0.1, -0.05) is 23.7 Å². The van der Waals surface area contributed by atoms with Crippen LogP contribution in [0, 0.1) is 19.8 Å². The number of methoxy groups -OCH3 is 2. The van der Waals surface area contributed by atoms with Crippen molar-refractivity contribution in [3.8, 4) is 17.2 Å². The number of carbonyl (C=O) groups is 2. The van der Waals surface area contributed by atoms with Crippen LogP contribution in [0.5, 0.6) is 11.5 Å². The minimum atomic E-state index is -0.768. The molecule has 3 heterocycles. The van der Waals surface area contributed by atoms with Crippen LogP contribution in [0.15, 0.2) is 36.4 Å². The number of nitrogens with zero attached hydrogens (tertiary/aromatic N) is 3. The second-order valence-corrected chi connectivity index (χ2v) is 11.5. The second kappa shape index (κ2) is 12.8. The van der Waals surface area contributed by atoms with Gasteiger partial charge in [-0.05, 0) is 69.7 Å². The van der Waals surface area contributed by atoms with E-state index in [1.54, 1.807) is 14.2 Å². The summed E-state index contributed by atoms with van der Waals surface area (Å²) < 4.78 is 20.4. The third-order valence-corrected chi connectivity index (χ3v) is 8.78. The van der Waals surface area contributed by atoms with Crippen molar-refractivity contribution < 1.29 is 28.9 Å². The molecule has 1 fully saturated rings. The molecular weight excluding hydrogens is 558 g/mol. The number of likely N-dealkylation sites (tertiary alicyclic amines) is 1. The monoisotopic (exact) mass is 595 g/mol. The molecule has 2 aliphatic heterocycles. The highest BCUT2D eigenvalue weighted by molar-refractivity contribution is 6.30. The summed E-state index contributed by atoms with van der Waals surface area (Å²) in [7, 11) is 3.21. The largest absolute Gasteiger partial charge is 0.493 e. The molecule has 10 heteroatoms. The highest BCUT2D eigenvalue weighted by Crippen LogP contribution is 2.47. The number of aliphatic carboxylic acids is 1. The molecule has 9 nitrogen and oxygen atoms in total. The Hall–Kier alpha value is -3.56. The lowest BCUT2D eigenvalue weighted by Crippen LogP contribution is -2.38. The quantitative estimate of drug-likeness (QED) is 0.314. The van der Waals surface area contributed by atoms with Crippen molar-refractivity contribution in [1.29, 1.82) is 0 Å². The Morgan fingerprint density at radius 2 is 1.81 bits per heavy atom. The summed E-state index contributed by atoms with van der Waals surface area (Å²) in [6, 6.07) is 11.5. The molecule has 1 aromatic heterocycles. The molecule has 0 saturated carbocycles. The van der Waals surface area contributed by atoms with E-state index in [1.807, 2.05) is 55.1 Å². The smallest absolute Gasteiger partial charge is 0.303 e. The first kappa shape index (κ1) is 29.9. The van der Waals surface area contributed by atoms with Gasteiger partial charge in [-0.3, -0.25) is 14.2 Å². The number of aromatic nitrogens is 2. The molecule has 1 N–H and O–H groups in total. The fourth-order valence-corrected chi connectivity index (χ4v) is 6.34. The highest BCUT2D eigenvalue weighted by Gasteiger charge is 2.36. The van der Waals surface area contributed by atoms with Gasteiger partial charge in [0.15, 0.2) is 11.5 Å². The number of piperidine rings is 1. The molecule has 42 heavy (non-hydrogen) atoms. The molecule has 0 bridgehead atoms. The fraction of sp³-hybridized carbons (Fsp3) is 0.469. The summed E-state index contributed by atoms with van der Waals surface area (Å²) in [6.45, 7) is 5.31. The van der Waals surface area contributed by atoms with E-state index in [2.05, 4.69) is 4.57 Å². The number of carboxylic acid groups (broad SMARTS) is 1. The molecule has 224 valence electrons. The average Bonchev–Trinajstić information content (AvgIpc) is 3.21. The van der Waals surface area contributed by atoms with Crippen molar-refractivity contribution in [2.24, 2.45) is 5.92 Å². The third kappa shape index (κ3) is 5.99. The van der Waals surface area contributed by atoms with Crippen molar-refractivity contribution in [2.45, 2.75) is 64.6 Å². The minimum absolute atomic E-state index is 0.0714. The number of ether oxygens (including phenoxy) is 3. The Balaban J connectivity index is 1.45. The number of benzene rings is 2. The number of fused-ring (bicyclic) bond motifs is 3. The number of imidazole rings is 1. The van der Waals surface area contributed by atoms with E-state index in [1.165, 1.54) is 0 Å². The van der Waals surface area contributed by atoms with E-state index >= 15 is 0 Å². The van der Waals surface area contributed by atoms with E-state index < -0.39 is 18.2 Å². The molecular formula is C32H38ClN3O6. The van der Waals surface area contributed by atoms with Crippen LogP contribution in [-0.2, 0) is 14.3 Å². The van der Waals surface area contributed by atoms with Gasteiger partial charge >= 0.3 is 5.97 Å². The number of carbonyl (C=O) groups excluding carboxylic acids is 1. The normalized spacial score (nSPS) is 18.6. The zero-order valence-corrected chi connectivity index (χ0v) is 25.3. The van der Waals surface area contributed by atoms with Crippen LogP contribution in [0.2, 0.25) is 5.02 Å². The molecule has 2 aliphatic rings. The number of aryl methyl sites for hydroxylation is 1. The van der Waals surface area contributed by atoms with Crippen molar-refractivity contribution >= 4 is 23.5 Å². The first-order chi connectivity index (χ1) is 20.2. The maximum Gasteiger partial charge on any atom is 0.303 e. The molecule has 0 aliphatic carbocycles. The molecule has 2 atom stereocenters. The number of halogens is 1. The number of carboxylic acids is 1. The first-order valence-corrected chi connectivity index (χ1v) is 14.8. The summed E-state index contributed by atoms with van der Waals surface area (Å²) in [4.78, 5) is 31.2. The standard InChI is InChI=1S/C32H38ClN3O6/c1-19-20(2)36-25-10-9-22(33)18-24(25)30(23-6-5-7-26(40-3)31(23)41-4)42-27(32(36)34-19)11-12-28(37)35-16-14-21(15-17-35)8-13-29(38)39/h5-7,9-10,18,21,27,30H,8,11-17H2,1-4H3,(H,38,39)/t27-,30-/m0/s1. The van der Waals surface area contributed by atoms with Gasteiger partial charge in [0.2, 0.25) is 5.91 Å². The van der Waals surface area contributed by atoms with Crippen molar-refractivity contribution in [3.63, 3.8) is 0 Å². The predicted molar refractivity (Wildman–Crippen MR) is 159 cm³/mol. The lowest BCUT2D eigenvalue weighted by molar-refractivity contribution is -0.138. The maximum atomic E-state index is 13.4. The molecule has 0 radical (unpaired) electrons. The second-order valence-electron chi connectivity index (χ2n) is 11.1. The third-order valence-electron chi connectivity index (χ3n) is 8.54. The molecule has 3 aromatic rings. The molecule has 1 amide bonds. The first-order valence-electron chi connectivity index (χ1n) is 14.4. The summed E-state index contributed by atoms with van der Waals surface area (Å²) in [5.41, 5.74) is 4.47. The van der Waals surface area contributed by atoms with E-state index in [9.17, 15) is 9.59 Å². The van der Waals surface area contributed by atoms with Crippen LogP contribution in [0.25, 0.3) is 5.69 Å². The lowest BCUT2D eigenvalue weighted by atomic mass is 9.92. The molecule has 5 rings (SSSR count). The summed E-state index contributed by atoms with van der Waals surface area (Å²) in [6.07, 6.45) is 2.19. The molecule has 0 spiro atoms. The number of rotatable bonds is 9. The predicted octanol–water partition coefficient (Wildman–Crippen LogP) is 6.20. The van der Waals surface area contributed by atoms with E-state index in [4.69, 9.17) is 35.9 Å². The van der Waals surface area contributed by atoms with Gasteiger partial charge in [-0.25, -0.2) is 4.98 Å². The lowest BCUT2D eigenvalue weighted by Gasteiger charge is -2.32. The van der Waals surface area contributed by atoms with Gasteiger partial charge in [-0.2, -0.15) is 0 Å². The van der Waals surface area contributed by atoms with Crippen LogP contribution in [0.1, 0.15) is 79.1 Å². The Labute approximate surface area is 251 Å². The topological polar surface area (TPSA) is 103 Å².